The van der Waals surface area contributed by atoms with Gasteiger partial charge < -0.3 is 9.80 Å². The molecule has 302 valence electrons. The number of rotatable bonds is 7. The van der Waals surface area contributed by atoms with Crippen LogP contribution in [0.25, 0.3) is 11.1 Å². The lowest BCUT2D eigenvalue weighted by Gasteiger charge is -2.46. The van der Waals surface area contributed by atoms with Crippen molar-refractivity contribution in [1.29, 1.82) is 0 Å². The van der Waals surface area contributed by atoms with Gasteiger partial charge in [0, 0.05) is 22.7 Å². The zero-order valence-electron chi connectivity index (χ0n) is 35.3. The van der Waals surface area contributed by atoms with Crippen LogP contribution < -0.4 is 30.5 Å². The summed E-state index contributed by atoms with van der Waals surface area (Å²) >= 11 is 0. The number of hydrogen-bond acceptors (Lipinski definition) is 2. The molecule has 0 saturated heterocycles. The van der Waals surface area contributed by atoms with Crippen LogP contribution in [0.15, 0.2) is 267 Å². The van der Waals surface area contributed by atoms with Crippen molar-refractivity contribution in [3.8, 4) is 11.1 Å². The number of hydrogen-bond donors (Lipinski definition) is 0. The van der Waals surface area contributed by atoms with Crippen LogP contribution in [0.5, 0.6) is 0 Å². The third kappa shape index (κ3) is 5.64. The van der Waals surface area contributed by atoms with Crippen molar-refractivity contribution in [2.24, 2.45) is 0 Å². The lowest BCUT2D eigenvalue weighted by Crippen LogP contribution is -2.77. The van der Waals surface area contributed by atoms with Crippen molar-refractivity contribution in [3.63, 3.8) is 0 Å². The molecule has 0 saturated carbocycles. The SMILES string of the molecule is c1ccc(C2(c3ccccc3)c3ccccc3N(c3ccc(-c4cccc(N5c6ccccc6[Si](c6ccccc6)(c6ccccc6)c6ccccc65)c4)cc3)c3ccccc32)cc1. The Bertz CT molecular complexity index is 3100. The molecule has 0 radical (unpaired) electrons. The van der Waals surface area contributed by atoms with Crippen LogP contribution in [-0.2, 0) is 5.41 Å². The molecular weight excluding hydrogens is 789 g/mol. The summed E-state index contributed by atoms with van der Waals surface area (Å²) in [5.74, 6) is 0. The monoisotopic (exact) mass is 832 g/mol. The van der Waals surface area contributed by atoms with E-state index in [1.807, 2.05) is 0 Å². The van der Waals surface area contributed by atoms with E-state index in [1.54, 1.807) is 0 Å². The molecule has 0 N–H and O–H groups in total. The molecule has 2 aliphatic rings. The highest BCUT2D eigenvalue weighted by Crippen LogP contribution is 2.57. The highest BCUT2D eigenvalue weighted by molar-refractivity contribution is 7.21. The first kappa shape index (κ1) is 37.8. The normalized spacial score (nSPS) is 14.1. The van der Waals surface area contributed by atoms with Crippen molar-refractivity contribution < 1.29 is 0 Å². The van der Waals surface area contributed by atoms with E-state index in [0.717, 1.165) is 11.4 Å². The Hall–Kier alpha value is -7.98. The van der Waals surface area contributed by atoms with Crippen molar-refractivity contribution in [2.75, 3.05) is 9.80 Å². The highest BCUT2D eigenvalue weighted by Gasteiger charge is 2.49. The molecule has 0 unspecified atom stereocenters. The van der Waals surface area contributed by atoms with Gasteiger partial charge in [0.15, 0.2) is 8.07 Å². The summed E-state index contributed by atoms with van der Waals surface area (Å²) in [6.07, 6.45) is 0. The molecule has 10 aromatic carbocycles. The van der Waals surface area contributed by atoms with E-state index < -0.39 is 13.5 Å². The van der Waals surface area contributed by atoms with Gasteiger partial charge in [0.25, 0.3) is 0 Å². The first-order valence-electron chi connectivity index (χ1n) is 22.2. The topological polar surface area (TPSA) is 6.48 Å². The second kappa shape index (κ2) is 15.4. The predicted molar refractivity (Wildman–Crippen MR) is 270 cm³/mol. The quantitative estimate of drug-likeness (QED) is 0.148. The number of anilines is 6. The van der Waals surface area contributed by atoms with E-state index in [4.69, 9.17) is 0 Å². The van der Waals surface area contributed by atoms with Gasteiger partial charge in [-0.15, -0.1) is 0 Å². The summed E-state index contributed by atoms with van der Waals surface area (Å²) in [7, 11) is -2.70. The van der Waals surface area contributed by atoms with Crippen molar-refractivity contribution in [1.82, 2.24) is 0 Å². The second-order valence-electron chi connectivity index (χ2n) is 16.8. The summed E-state index contributed by atoms with van der Waals surface area (Å²) in [4.78, 5) is 4.94. The van der Waals surface area contributed by atoms with Crippen molar-refractivity contribution >= 4 is 62.9 Å². The van der Waals surface area contributed by atoms with Gasteiger partial charge in [-0.3, -0.25) is 0 Å². The lowest BCUT2D eigenvalue weighted by molar-refractivity contribution is 0.731. The maximum Gasteiger partial charge on any atom is 0.184 e. The zero-order valence-corrected chi connectivity index (χ0v) is 36.3. The Morgan fingerprint density at radius 2 is 0.688 bits per heavy atom. The molecule has 3 heteroatoms. The summed E-state index contributed by atoms with van der Waals surface area (Å²) < 4.78 is 0. The largest absolute Gasteiger partial charge is 0.311 e. The maximum atomic E-state index is 2.49. The first-order valence-corrected chi connectivity index (χ1v) is 24.2. The number of benzene rings is 10. The van der Waals surface area contributed by atoms with Crippen LogP contribution >= 0.6 is 0 Å². The highest BCUT2D eigenvalue weighted by atomic mass is 28.3. The third-order valence-corrected chi connectivity index (χ3v) is 18.4. The molecule has 0 fully saturated rings. The molecule has 0 aliphatic carbocycles. The molecular formula is C61H44N2Si. The van der Waals surface area contributed by atoms with Gasteiger partial charge in [-0.25, -0.2) is 0 Å². The van der Waals surface area contributed by atoms with Gasteiger partial charge in [0.1, 0.15) is 0 Å². The van der Waals surface area contributed by atoms with E-state index in [-0.39, 0.29) is 0 Å². The molecule has 10 aromatic rings. The first-order chi connectivity index (χ1) is 31.8. The fraction of sp³-hybridized carbons (Fsp3) is 0.0164. The molecule has 0 aromatic heterocycles. The number of fused-ring (bicyclic) bond motifs is 4. The van der Waals surface area contributed by atoms with Gasteiger partial charge in [-0.2, -0.15) is 0 Å². The Morgan fingerprint density at radius 1 is 0.281 bits per heavy atom. The standard InChI is InChI=1S/C61H44N2Si/c1-5-23-47(24-6-1)61(48-25-7-2-8-26-48)53-32-13-15-34-55(53)62(56-35-16-14-33-54(56)61)49-42-40-45(41-43-49)46-22-21-27-50(44-46)63-57-36-17-19-38-59(57)64(51-28-9-3-10-29-51,52-30-11-4-12-31-52)60-39-20-18-37-58(60)63/h1-44H. The average molecular weight is 833 g/mol. The van der Waals surface area contributed by atoms with Crippen LogP contribution in [0.4, 0.5) is 34.1 Å². The van der Waals surface area contributed by atoms with E-state index in [1.165, 1.54) is 76.9 Å². The van der Waals surface area contributed by atoms with E-state index >= 15 is 0 Å². The minimum atomic E-state index is -2.70. The van der Waals surface area contributed by atoms with E-state index in [0.29, 0.717) is 0 Å². The summed E-state index contributed by atoms with van der Waals surface area (Å²) in [6, 6.07) is 98.8. The Labute approximate surface area is 376 Å². The van der Waals surface area contributed by atoms with Gasteiger partial charge in [0.2, 0.25) is 0 Å². The molecule has 2 heterocycles. The van der Waals surface area contributed by atoms with Crippen LogP contribution in [0.3, 0.4) is 0 Å². The molecule has 2 nitrogen and oxygen atoms in total. The minimum Gasteiger partial charge on any atom is -0.311 e. The average Bonchev–Trinajstić information content (AvgIpc) is 3.38. The fourth-order valence-corrected chi connectivity index (χ4v) is 16.1. The molecule has 0 amide bonds. The van der Waals surface area contributed by atoms with Crippen LogP contribution in [0.2, 0.25) is 0 Å². The molecule has 64 heavy (non-hydrogen) atoms. The van der Waals surface area contributed by atoms with Crippen LogP contribution in [0.1, 0.15) is 22.3 Å². The smallest absolute Gasteiger partial charge is 0.184 e. The summed E-state index contributed by atoms with van der Waals surface area (Å²) in [5, 5.41) is 5.57. The van der Waals surface area contributed by atoms with Crippen LogP contribution in [0, 0.1) is 0 Å². The van der Waals surface area contributed by atoms with Gasteiger partial charge in [-0.1, -0.05) is 218 Å². The Kier molecular flexibility index (Phi) is 9.10. The summed E-state index contributed by atoms with van der Waals surface area (Å²) in [6.45, 7) is 0. The summed E-state index contributed by atoms with van der Waals surface area (Å²) in [5.41, 5.74) is 14.0. The Morgan fingerprint density at radius 3 is 1.19 bits per heavy atom. The maximum absolute atomic E-state index is 2.70. The van der Waals surface area contributed by atoms with Gasteiger partial charge in [0.05, 0.1) is 16.8 Å². The zero-order chi connectivity index (χ0) is 42.5. The molecule has 0 bridgehead atoms. The second-order valence-corrected chi connectivity index (χ2v) is 20.5. The van der Waals surface area contributed by atoms with E-state index in [2.05, 4.69) is 277 Å². The molecule has 0 atom stereocenters. The third-order valence-electron chi connectivity index (χ3n) is 13.6. The fourth-order valence-electron chi connectivity index (χ4n) is 11.0. The number of nitrogens with zero attached hydrogens (tertiary/aromatic N) is 2. The molecule has 2 aliphatic heterocycles. The van der Waals surface area contributed by atoms with Crippen LogP contribution in [-0.4, -0.2) is 8.07 Å². The predicted octanol–water partition coefficient (Wildman–Crippen LogP) is 12.7. The van der Waals surface area contributed by atoms with E-state index in [9.17, 15) is 0 Å². The lowest BCUT2D eigenvalue weighted by atomic mass is 9.62. The molecule has 12 rings (SSSR count). The van der Waals surface area contributed by atoms with Gasteiger partial charge >= 0.3 is 0 Å². The Balaban J connectivity index is 0.971. The molecule has 0 spiro atoms. The van der Waals surface area contributed by atoms with Crippen molar-refractivity contribution in [3.05, 3.63) is 289 Å². The van der Waals surface area contributed by atoms with Crippen molar-refractivity contribution in [2.45, 2.75) is 5.41 Å². The van der Waals surface area contributed by atoms with Gasteiger partial charge in [-0.05, 0) is 103 Å². The minimum absolute atomic E-state index is 0.497. The number of para-hydroxylation sites is 4.